The third-order valence-electron chi connectivity index (χ3n) is 4.38. The molecule has 0 saturated carbocycles. The van der Waals surface area contributed by atoms with E-state index in [-0.39, 0.29) is 12.0 Å². The standard InChI is InChI=1S/C18H24N4O2/c1-2-22-8-9-24-17(13-22)6-7-19-18(23)15-5-3-4-14(10-15)16-11-20-21-12-16/h3-5,10-12,17H,2,6-9,13H2,1H3,(H,19,23)(H,20,21). The molecule has 2 heterocycles. The number of benzene rings is 1. The molecule has 1 amide bonds. The second-order valence-electron chi connectivity index (χ2n) is 6.00. The number of amides is 1. The molecular weight excluding hydrogens is 304 g/mol. The van der Waals surface area contributed by atoms with Crippen LogP contribution in [0.2, 0.25) is 0 Å². The van der Waals surface area contributed by atoms with E-state index in [1.54, 1.807) is 6.20 Å². The van der Waals surface area contributed by atoms with Gasteiger partial charge in [0.25, 0.3) is 5.91 Å². The Labute approximate surface area is 142 Å². The van der Waals surface area contributed by atoms with Gasteiger partial charge in [-0.1, -0.05) is 19.1 Å². The third kappa shape index (κ3) is 4.21. The number of rotatable bonds is 6. The Bertz CT molecular complexity index is 657. The SMILES string of the molecule is CCN1CCOC(CCNC(=O)c2cccc(-c3cn[nH]c3)c2)C1. The molecule has 1 aromatic heterocycles. The van der Waals surface area contributed by atoms with Crippen molar-refractivity contribution in [1.29, 1.82) is 0 Å². The summed E-state index contributed by atoms with van der Waals surface area (Å²) in [6.45, 7) is 6.56. The minimum absolute atomic E-state index is 0.0523. The molecule has 6 heteroatoms. The van der Waals surface area contributed by atoms with Crippen molar-refractivity contribution in [1.82, 2.24) is 20.4 Å². The van der Waals surface area contributed by atoms with E-state index >= 15 is 0 Å². The maximum atomic E-state index is 12.3. The smallest absolute Gasteiger partial charge is 0.251 e. The normalized spacial score (nSPS) is 18.5. The molecule has 0 bridgehead atoms. The molecule has 1 saturated heterocycles. The number of nitrogens with one attached hydrogen (secondary N) is 2. The summed E-state index contributed by atoms with van der Waals surface area (Å²) in [6, 6.07) is 7.57. The van der Waals surface area contributed by atoms with Gasteiger partial charge in [0.05, 0.1) is 18.9 Å². The van der Waals surface area contributed by atoms with E-state index in [2.05, 4.69) is 27.3 Å². The number of ether oxygens (including phenoxy) is 1. The first-order chi connectivity index (χ1) is 11.8. The van der Waals surface area contributed by atoms with Gasteiger partial charge < -0.3 is 10.1 Å². The average Bonchev–Trinajstić information content (AvgIpc) is 3.17. The lowest BCUT2D eigenvalue weighted by Crippen LogP contribution is -2.43. The maximum Gasteiger partial charge on any atom is 0.251 e. The summed E-state index contributed by atoms with van der Waals surface area (Å²) in [6.07, 6.45) is 4.61. The molecule has 1 aliphatic rings. The van der Waals surface area contributed by atoms with Gasteiger partial charge in [0.1, 0.15) is 0 Å². The molecule has 2 aromatic rings. The number of aromatic nitrogens is 2. The van der Waals surface area contributed by atoms with Crippen LogP contribution in [0.25, 0.3) is 11.1 Å². The Hall–Kier alpha value is -2.18. The molecule has 6 nitrogen and oxygen atoms in total. The highest BCUT2D eigenvalue weighted by Crippen LogP contribution is 2.18. The fourth-order valence-corrected chi connectivity index (χ4v) is 2.94. The predicted molar refractivity (Wildman–Crippen MR) is 92.8 cm³/mol. The Kier molecular flexibility index (Phi) is 5.61. The van der Waals surface area contributed by atoms with Crippen LogP contribution in [0.5, 0.6) is 0 Å². The quantitative estimate of drug-likeness (QED) is 0.850. The van der Waals surface area contributed by atoms with Crippen LogP contribution in [-0.2, 0) is 4.74 Å². The Balaban J connectivity index is 1.51. The maximum absolute atomic E-state index is 12.3. The van der Waals surface area contributed by atoms with Crippen molar-refractivity contribution in [3.05, 3.63) is 42.2 Å². The number of aromatic amines is 1. The first-order valence-electron chi connectivity index (χ1n) is 8.47. The van der Waals surface area contributed by atoms with Crippen molar-refractivity contribution in [2.75, 3.05) is 32.8 Å². The molecule has 24 heavy (non-hydrogen) atoms. The number of likely N-dealkylation sites (N-methyl/N-ethyl adjacent to an activating group) is 1. The summed E-state index contributed by atoms with van der Waals surface area (Å²) in [5, 5.41) is 9.72. The zero-order valence-electron chi connectivity index (χ0n) is 14.0. The highest BCUT2D eigenvalue weighted by molar-refractivity contribution is 5.95. The third-order valence-corrected chi connectivity index (χ3v) is 4.38. The van der Waals surface area contributed by atoms with Gasteiger partial charge in [0.2, 0.25) is 0 Å². The van der Waals surface area contributed by atoms with Gasteiger partial charge in [-0.2, -0.15) is 5.10 Å². The minimum Gasteiger partial charge on any atom is -0.375 e. The largest absolute Gasteiger partial charge is 0.375 e. The lowest BCUT2D eigenvalue weighted by atomic mass is 10.1. The van der Waals surface area contributed by atoms with Crippen LogP contribution < -0.4 is 5.32 Å². The minimum atomic E-state index is -0.0523. The first kappa shape index (κ1) is 16.7. The van der Waals surface area contributed by atoms with Gasteiger partial charge in [0, 0.05) is 37.0 Å². The number of nitrogens with zero attached hydrogens (tertiary/aromatic N) is 2. The molecule has 1 aromatic carbocycles. The molecule has 1 unspecified atom stereocenters. The van der Waals surface area contributed by atoms with Crippen molar-refractivity contribution < 1.29 is 9.53 Å². The van der Waals surface area contributed by atoms with Crippen LogP contribution in [-0.4, -0.2) is 59.9 Å². The van der Waals surface area contributed by atoms with E-state index in [0.717, 1.165) is 43.8 Å². The number of hydrogen-bond donors (Lipinski definition) is 2. The Morgan fingerprint density at radius 2 is 2.38 bits per heavy atom. The number of carbonyl (C=O) groups excluding carboxylic acids is 1. The molecule has 1 aliphatic heterocycles. The lowest BCUT2D eigenvalue weighted by molar-refractivity contribution is -0.0296. The van der Waals surface area contributed by atoms with E-state index < -0.39 is 0 Å². The monoisotopic (exact) mass is 328 g/mol. The fourth-order valence-electron chi connectivity index (χ4n) is 2.94. The van der Waals surface area contributed by atoms with Gasteiger partial charge in [-0.3, -0.25) is 14.8 Å². The lowest BCUT2D eigenvalue weighted by Gasteiger charge is -2.32. The van der Waals surface area contributed by atoms with E-state index in [0.29, 0.717) is 12.1 Å². The number of hydrogen-bond acceptors (Lipinski definition) is 4. The molecule has 128 valence electrons. The summed E-state index contributed by atoms with van der Waals surface area (Å²) in [4.78, 5) is 14.7. The molecule has 0 spiro atoms. The number of carbonyl (C=O) groups is 1. The number of morpholine rings is 1. The van der Waals surface area contributed by atoms with Crippen LogP contribution in [0, 0.1) is 0 Å². The second-order valence-corrected chi connectivity index (χ2v) is 6.00. The van der Waals surface area contributed by atoms with Gasteiger partial charge >= 0.3 is 0 Å². The van der Waals surface area contributed by atoms with Gasteiger partial charge in [-0.05, 0) is 30.7 Å². The van der Waals surface area contributed by atoms with Crippen LogP contribution in [0.1, 0.15) is 23.7 Å². The van der Waals surface area contributed by atoms with E-state index in [9.17, 15) is 4.79 Å². The average molecular weight is 328 g/mol. The summed E-state index contributed by atoms with van der Waals surface area (Å²) in [5.41, 5.74) is 2.61. The van der Waals surface area contributed by atoms with Crippen LogP contribution in [0.4, 0.5) is 0 Å². The van der Waals surface area contributed by atoms with Crippen LogP contribution >= 0.6 is 0 Å². The molecule has 1 atom stereocenters. The van der Waals surface area contributed by atoms with E-state index in [4.69, 9.17) is 4.74 Å². The summed E-state index contributed by atoms with van der Waals surface area (Å²) in [7, 11) is 0. The van der Waals surface area contributed by atoms with Crippen molar-refractivity contribution in [3.8, 4) is 11.1 Å². The van der Waals surface area contributed by atoms with Crippen molar-refractivity contribution in [2.24, 2.45) is 0 Å². The molecule has 2 N–H and O–H groups in total. The van der Waals surface area contributed by atoms with Gasteiger partial charge in [-0.15, -0.1) is 0 Å². The van der Waals surface area contributed by atoms with Gasteiger partial charge in [0.15, 0.2) is 0 Å². The second kappa shape index (κ2) is 8.08. The molecule has 3 rings (SSSR count). The molecule has 1 fully saturated rings. The van der Waals surface area contributed by atoms with E-state index in [1.165, 1.54) is 0 Å². The predicted octanol–water partition coefficient (Wildman–Crippen LogP) is 1.92. The molecule has 0 aliphatic carbocycles. The Morgan fingerprint density at radius 3 is 3.17 bits per heavy atom. The van der Waals surface area contributed by atoms with Crippen molar-refractivity contribution in [3.63, 3.8) is 0 Å². The summed E-state index contributed by atoms with van der Waals surface area (Å²) in [5.74, 6) is -0.0523. The van der Waals surface area contributed by atoms with Crippen LogP contribution in [0.3, 0.4) is 0 Å². The first-order valence-corrected chi connectivity index (χ1v) is 8.47. The topological polar surface area (TPSA) is 70.2 Å². The highest BCUT2D eigenvalue weighted by Gasteiger charge is 2.19. The zero-order chi connectivity index (χ0) is 16.8. The van der Waals surface area contributed by atoms with Gasteiger partial charge in [-0.25, -0.2) is 0 Å². The highest BCUT2D eigenvalue weighted by atomic mass is 16.5. The Morgan fingerprint density at radius 1 is 1.46 bits per heavy atom. The fraction of sp³-hybridized carbons (Fsp3) is 0.444. The zero-order valence-corrected chi connectivity index (χ0v) is 14.0. The molecular formula is C18H24N4O2. The molecule has 0 radical (unpaired) electrons. The van der Waals surface area contributed by atoms with Crippen LogP contribution in [0.15, 0.2) is 36.7 Å². The summed E-state index contributed by atoms with van der Waals surface area (Å²) >= 11 is 0. The summed E-state index contributed by atoms with van der Waals surface area (Å²) < 4.78 is 5.76. The van der Waals surface area contributed by atoms with E-state index in [1.807, 2.05) is 30.5 Å². The van der Waals surface area contributed by atoms with Crippen molar-refractivity contribution in [2.45, 2.75) is 19.4 Å². The number of H-pyrrole nitrogens is 1. The van der Waals surface area contributed by atoms with Crippen molar-refractivity contribution >= 4 is 5.91 Å².